The summed E-state index contributed by atoms with van der Waals surface area (Å²) < 4.78 is 15.9. The highest BCUT2D eigenvalue weighted by atomic mass is 16.6. The summed E-state index contributed by atoms with van der Waals surface area (Å²) in [7, 11) is 0. The third-order valence-electron chi connectivity index (χ3n) is 3.90. The zero-order chi connectivity index (χ0) is 20.6. The van der Waals surface area contributed by atoms with Crippen LogP contribution in [0.1, 0.15) is 33.6 Å². The van der Waals surface area contributed by atoms with Gasteiger partial charge < -0.3 is 19.2 Å². The highest BCUT2D eigenvalue weighted by Crippen LogP contribution is 2.15. The normalized spacial score (nSPS) is 10.2. The molecule has 0 aliphatic heterocycles. The molecule has 0 atom stereocenters. The van der Waals surface area contributed by atoms with Crippen molar-refractivity contribution in [3.63, 3.8) is 0 Å². The van der Waals surface area contributed by atoms with Crippen LogP contribution in [-0.4, -0.2) is 24.3 Å². The second-order valence-electron chi connectivity index (χ2n) is 6.13. The van der Waals surface area contributed by atoms with Gasteiger partial charge in [-0.3, -0.25) is 9.59 Å². The van der Waals surface area contributed by atoms with E-state index in [2.05, 4.69) is 5.32 Å². The maximum atomic E-state index is 12.0. The average Bonchev–Trinajstić information content (AvgIpc) is 3.21. The van der Waals surface area contributed by atoms with Crippen molar-refractivity contribution in [2.45, 2.75) is 13.5 Å². The van der Waals surface area contributed by atoms with Crippen molar-refractivity contribution in [1.82, 2.24) is 0 Å². The van der Waals surface area contributed by atoms with Gasteiger partial charge in [0.15, 0.2) is 12.4 Å². The smallest absolute Gasteiger partial charge is 0.374 e. The standard InChI is InChI=1S/C22H19NO6/c1-15(24)16-7-9-17(10-8-16)23-21(25)14-28-22(26)20-12-11-19(29-20)13-27-18-5-3-2-4-6-18/h2-12H,13-14H2,1H3,(H,23,25). The van der Waals surface area contributed by atoms with Crippen molar-refractivity contribution in [2.24, 2.45) is 0 Å². The van der Waals surface area contributed by atoms with Gasteiger partial charge in [0.2, 0.25) is 5.76 Å². The molecular formula is C22H19NO6. The van der Waals surface area contributed by atoms with Gasteiger partial charge in [-0.2, -0.15) is 0 Å². The van der Waals surface area contributed by atoms with Crippen LogP contribution < -0.4 is 10.1 Å². The van der Waals surface area contributed by atoms with Gasteiger partial charge in [-0.1, -0.05) is 18.2 Å². The van der Waals surface area contributed by atoms with Gasteiger partial charge in [0, 0.05) is 11.3 Å². The average molecular weight is 393 g/mol. The molecule has 0 spiro atoms. The molecule has 2 aromatic carbocycles. The molecule has 0 saturated heterocycles. The fourth-order valence-corrected chi connectivity index (χ4v) is 2.42. The lowest BCUT2D eigenvalue weighted by Crippen LogP contribution is -2.20. The van der Waals surface area contributed by atoms with Crippen LogP contribution in [0.5, 0.6) is 5.75 Å². The van der Waals surface area contributed by atoms with Gasteiger partial charge in [-0.05, 0) is 55.5 Å². The molecule has 0 aliphatic carbocycles. The second kappa shape index (κ2) is 9.36. The van der Waals surface area contributed by atoms with Crippen LogP contribution in [0.15, 0.2) is 71.1 Å². The van der Waals surface area contributed by atoms with E-state index in [1.807, 2.05) is 30.3 Å². The molecule has 1 aromatic heterocycles. The number of amides is 1. The van der Waals surface area contributed by atoms with Gasteiger partial charge in [-0.25, -0.2) is 4.79 Å². The summed E-state index contributed by atoms with van der Waals surface area (Å²) >= 11 is 0. The molecule has 0 fully saturated rings. The van der Waals surface area contributed by atoms with Crippen molar-refractivity contribution in [2.75, 3.05) is 11.9 Å². The third kappa shape index (κ3) is 5.80. The molecule has 148 valence electrons. The summed E-state index contributed by atoms with van der Waals surface area (Å²) in [5.74, 6) is -0.206. The third-order valence-corrected chi connectivity index (χ3v) is 3.90. The van der Waals surface area contributed by atoms with E-state index < -0.39 is 18.5 Å². The van der Waals surface area contributed by atoms with Crippen molar-refractivity contribution in [3.05, 3.63) is 83.8 Å². The van der Waals surface area contributed by atoms with Crippen LogP contribution >= 0.6 is 0 Å². The molecule has 3 aromatic rings. The van der Waals surface area contributed by atoms with E-state index in [0.717, 1.165) is 0 Å². The number of benzene rings is 2. The molecule has 7 nitrogen and oxygen atoms in total. The van der Waals surface area contributed by atoms with E-state index in [4.69, 9.17) is 13.9 Å². The lowest BCUT2D eigenvalue weighted by molar-refractivity contribution is -0.119. The predicted octanol–water partition coefficient (Wildman–Crippen LogP) is 3.86. The molecule has 0 radical (unpaired) electrons. The highest BCUT2D eigenvalue weighted by Gasteiger charge is 2.15. The number of hydrogen-bond acceptors (Lipinski definition) is 6. The number of furan rings is 1. The zero-order valence-corrected chi connectivity index (χ0v) is 15.7. The Morgan fingerprint density at radius 3 is 2.34 bits per heavy atom. The topological polar surface area (TPSA) is 94.8 Å². The molecule has 0 unspecified atom stereocenters. The van der Waals surface area contributed by atoms with Crippen LogP contribution in [0.3, 0.4) is 0 Å². The van der Waals surface area contributed by atoms with Crippen LogP contribution in [0.25, 0.3) is 0 Å². The first kappa shape index (κ1) is 19.9. The van der Waals surface area contributed by atoms with Crippen molar-refractivity contribution >= 4 is 23.3 Å². The van der Waals surface area contributed by atoms with Gasteiger partial charge in [-0.15, -0.1) is 0 Å². The maximum Gasteiger partial charge on any atom is 0.374 e. The minimum Gasteiger partial charge on any atom is -0.486 e. The van der Waals surface area contributed by atoms with E-state index in [9.17, 15) is 14.4 Å². The number of anilines is 1. The van der Waals surface area contributed by atoms with Crippen LogP contribution in [0.2, 0.25) is 0 Å². The summed E-state index contributed by atoms with van der Waals surface area (Å²) in [4.78, 5) is 35.2. The number of esters is 1. The lowest BCUT2D eigenvalue weighted by Gasteiger charge is -2.06. The summed E-state index contributed by atoms with van der Waals surface area (Å²) in [5.41, 5.74) is 1.04. The first-order chi connectivity index (χ1) is 14.0. The van der Waals surface area contributed by atoms with Crippen molar-refractivity contribution in [1.29, 1.82) is 0 Å². The van der Waals surface area contributed by atoms with Gasteiger partial charge in [0.1, 0.15) is 18.1 Å². The molecular weight excluding hydrogens is 374 g/mol. The Kier molecular flexibility index (Phi) is 6.42. The predicted molar refractivity (Wildman–Crippen MR) is 105 cm³/mol. The SMILES string of the molecule is CC(=O)c1ccc(NC(=O)COC(=O)c2ccc(COc3ccccc3)o2)cc1. The molecule has 1 N–H and O–H groups in total. The number of carbonyl (C=O) groups is 3. The minimum atomic E-state index is -0.752. The Balaban J connectivity index is 1.45. The Morgan fingerprint density at radius 2 is 1.66 bits per heavy atom. The Morgan fingerprint density at radius 1 is 0.931 bits per heavy atom. The number of para-hydroxylation sites is 1. The monoisotopic (exact) mass is 393 g/mol. The fourth-order valence-electron chi connectivity index (χ4n) is 2.42. The number of rotatable bonds is 8. The van der Waals surface area contributed by atoms with Crippen LogP contribution in [0.4, 0.5) is 5.69 Å². The molecule has 7 heteroatoms. The van der Waals surface area contributed by atoms with Crippen LogP contribution in [0, 0.1) is 0 Å². The van der Waals surface area contributed by atoms with Gasteiger partial charge >= 0.3 is 5.97 Å². The van der Waals surface area contributed by atoms with E-state index in [0.29, 0.717) is 22.8 Å². The molecule has 1 amide bonds. The van der Waals surface area contributed by atoms with Crippen molar-refractivity contribution in [3.8, 4) is 5.75 Å². The van der Waals surface area contributed by atoms with Gasteiger partial charge in [0.25, 0.3) is 5.91 Å². The number of ether oxygens (including phenoxy) is 2. The van der Waals surface area contributed by atoms with Gasteiger partial charge in [0.05, 0.1) is 0 Å². The van der Waals surface area contributed by atoms with E-state index in [1.54, 1.807) is 30.3 Å². The molecule has 0 aliphatic rings. The summed E-state index contributed by atoms with van der Waals surface area (Å²) in [6, 6.07) is 18.7. The number of hydrogen-bond donors (Lipinski definition) is 1. The van der Waals surface area contributed by atoms with E-state index >= 15 is 0 Å². The summed E-state index contributed by atoms with van der Waals surface area (Å²) in [6.07, 6.45) is 0. The zero-order valence-electron chi connectivity index (χ0n) is 15.7. The van der Waals surface area contributed by atoms with E-state index in [-0.39, 0.29) is 18.2 Å². The van der Waals surface area contributed by atoms with Crippen LogP contribution in [-0.2, 0) is 16.1 Å². The molecule has 1 heterocycles. The molecule has 0 saturated carbocycles. The fraction of sp³-hybridized carbons (Fsp3) is 0.136. The Bertz CT molecular complexity index is 992. The summed E-state index contributed by atoms with van der Waals surface area (Å²) in [6.45, 7) is 1.15. The summed E-state index contributed by atoms with van der Waals surface area (Å²) in [5, 5.41) is 2.58. The molecule has 29 heavy (non-hydrogen) atoms. The molecule has 0 bridgehead atoms. The molecule has 3 rings (SSSR count). The lowest BCUT2D eigenvalue weighted by atomic mass is 10.1. The highest BCUT2D eigenvalue weighted by molar-refractivity contribution is 5.96. The Hall–Kier alpha value is -3.87. The number of ketones is 1. The van der Waals surface area contributed by atoms with E-state index in [1.165, 1.54) is 13.0 Å². The maximum absolute atomic E-state index is 12.0. The first-order valence-corrected chi connectivity index (χ1v) is 8.86. The first-order valence-electron chi connectivity index (χ1n) is 8.86. The Labute approximate surface area is 167 Å². The van der Waals surface area contributed by atoms with Crippen molar-refractivity contribution < 1.29 is 28.3 Å². The minimum absolute atomic E-state index is 0.0183. The second-order valence-corrected chi connectivity index (χ2v) is 6.13. The number of carbonyl (C=O) groups excluding carboxylic acids is 3. The number of nitrogens with one attached hydrogen (secondary N) is 1. The number of Topliss-reactive ketones (excluding diaryl/α,β-unsaturated/α-hetero) is 1. The quantitative estimate of drug-likeness (QED) is 0.461. The largest absolute Gasteiger partial charge is 0.486 e.